The van der Waals surface area contributed by atoms with E-state index in [-0.39, 0.29) is 34.7 Å². The Kier molecular flexibility index (Phi) is 5.08. The second-order valence-electron chi connectivity index (χ2n) is 12.0. The number of carbonyl (C=O) groups is 2. The van der Waals surface area contributed by atoms with Crippen molar-refractivity contribution in [3.05, 3.63) is 11.6 Å². The average Bonchev–Trinajstić information content (AvgIpc) is 3.02. The summed E-state index contributed by atoms with van der Waals surface area (Å²) in [5.41, 5.74) is 1.80. The van der Waals surface area contributed by atoms with Crippen molar-refractivity contribution in [2.24, 2.45) is 46.3 Å². The molecule has 1 unspecified atom stereocenters. The van der Waals surface area contributed by atoms with E-state index in [1.807, 2.05) is 0 Å². The largest absolute Gasteiger partial charge is 0.393 e. The van der Waals surface area contributed by atoms with Crippen LogP contribution in [0.25, 0.3) is 0 Å². The molecule has 5 aliphatic rings. The molecule has 166 valence electrons. The van der Waals surface area contributed by atoms with Gasteiger partial charge in [-0.15, -0.1) is 0 Å². The van der Waals surface area contributed by atoms with Crippen LogP contribution in [-0.4, -0.2) is 22.8 Å². The predicted octanol–water partition coefficient (Wildman–Crippen LogP) is 5.50. The monoisotopic (exact) mass is 412 g/mol. The van der Waals surface area contributed by atoms with E-state index in [0.29, 0.717) is 29.3 Å². The first-order chi connectivity index (χ1) is 14.3. The van der Waals surface area contributed by atoms with E-state index in [0.717, 1.165) is 64.2 Å². The Labute approximate surface area is 182 Å². The summed E-state index contributed by atoms with van der Waals surface area (Å²) >= 11 is 0. The summed E-state index contributed by atoms with van der Waals surface area (Å²) in [6.45, 7) is 6.66. The van der Waals surface area contributed by atoms with E-state index >= 15 is 0 Å². The van der Waals surface area contributed by atoms with Crippen LogP contribution < -0.4 is 0 Å². The molecule has 4 saturated carbocycles. The van der Waals surface area contributed by atoms with Crippen LogP contribution in [0, 0.1) is 46.3 Å². The van der Waals surface area contributed by atoms with Gasteiger partial charge in [-0.25, -0.2) is 0 Å². The number of aliphatic hydroxyl groups is 1. The molecule has 0 aliphatic heterocycles. The number of allylic oxidation sites excluding steroid dienone is 1. The van der Waals surface area contributed by atoms with Gasteiger partial charge in [-0.1, -0.05) is 31.9 Å². The summed E-state index contributed by atoms with van der Waals surface area (Å²) in [4.78, 5) is 25.9. The zero-order chi connectivity index (χ0) is 21.3. The lowest BCUT2D eigenvalue weighted by Gasteiger charge is -2.57. The second-order valence-corrected chi connectivity index (χ2v) is 12.0. The Morgan fingerprint density at radius 3 is 2.60 bits per heavy atom. The van der Waals surface area contributed by atoms with E-state index in [9.17, 15) is 14.7 Å². The van der Waals surface area contributed by atoms with E-state index in [1.54, 1.807) is 6.92 Å². The Balaban J connectivity index is 1.49. The van der Waals surface area contributed by atoms with Crippen LogP contribution >= 0.6 is 0 Å². The van der Waals surface area contributed by atoms with Crippen LogP contribution in [0.2, 0.25) is 0 Å². The summed E-state index contributed by atoms with van der Waals surface area (Å²) in [6, 6.07) is 0. The lowest BCUT2D eigenvalue weighted by molar-refractivity contribution is -0.133. The van der Waals surface area contributed by atoms with Crippen molar-refractivity contribution >= 4 is 11.6 Å². The molecule has 0 heterocycles. The summed E-state index contributed by atoms with van der Waals surface area (Å²) in [6.07, 6.45) is 13.6. The molecule has 5 rings (SSSR count). The molecule has 3 nitrogen and oxygen atoms in total. The number of hydrogen-bond donors (Lipinski definition) is 1. The van der Waals surface area contributed by atoms with Gasteiger partial charge in [-0.05, 0) is 99.2 Å². The van der Waals surface area contributed by atoms with Crippen LogP contribution in [0.15, 0.2) is 11.6 Å². The summed E-state index contributed by atoms with van der Waals surface area (Å²) in [5.74, 6) is 3.12. The van der Waals surface area contributed by atoms with E-state index in [1.165, 1.54) is 12.0 Å². The molecular formula is C27H40O3. The molecule has 0 amide bonds. The first kappa shape index (κ1) is 20.9. The Morgan fingerprint density at radius 1 is 1.07 bits per heavy atom. The highest BCUT2D eigenvalue weighted by Crippen LogP contribution is 2.68. The molecule has 9 atom stereocenters. The summed E-state index contributed by atoms with van der Waals surface area (Å²) < 4.78 is 0. The van der Waals surface area contributed by atoms with Gasteiger partial charge in [-0.3, -0.25) is 9.59 Å². The fourth-order valence-corrected chi connectivity index (χ4v) is 9.36. The third-order valence-corrected chi connectivity index (χ3v) is 10.7. The molecule has 3 heteroatoms. The highest BCUT2D eigenvalue weighted by Gasteiger charge is 2.63. The van der Waals surface area contributed by atoms with Crippen LogP contribution in [-0.2, 0) is 9.59 Å². The SMILES string of the molecule is CC(=O)[C@H]1[C@H](C2CCCCC2=O)C[C@H]2[C@@H]3CC=C4C[C@@H](O)CC[C@]4(C)[C@H]3CC[C@@]21C. The van der Waals surface area contributed by atoms with E-state index in [2.05, 4.69) is 19.9 Å². The smallest absolute Gasteiger partial charge is 0.136 e. The van der Waals surface area contributed by atoms with Gasteiger partial charge in [0.1, 0.15) is 11.6 Å². The Morgan fingerprint density at radius 2 is 1.87 bits per heavy atom. The first-order valence-electron chi connectivity index (χ1n) is 12.7. The number of aliphatic hydroxyl groups excluding tert-OH is 1. The van der Waals surface area contributed by atoms with Crippen molar-refractivity contribution in [1.82, 2.24) is 0 Å². The minimum absolute atomic E-state index is 0.0608. The van der Waals surface area contributed by atoms with Gasteiger partial charge in [0.15, 0.2) is 0 Å². The molecule has 5 aliphatic carbocycles. The van der Waals surface area contributed by atoms with Gasteiger partial charge in [0.25, 0.3) is 0 Å². The average molecular weight is 413 g/mol. The third kappa shape index (κ3) is 2.93. The topological polar surface area (TPSA) is 54.4 Å². The lowest BCUT2D eigenvalue weighted by atomic mass is 9.47. The van der Waals surface area contributed by atoms with Gasteiger partial charge in [0.2, 0.25) is 0 Å². The number of fused-ring (bicyclic) bond motifs is 5. The van der Waals surface area contributed by atoms with Crippen molar-refractivity contribution in [3.63, 3.8) is 0 Å². The second kappa shape index (κ2) is 7.29. The first-order valence-corrected chi connectivity index (χ1v) is 12.7. The van der Waals surface area contributed by atoms with Gasteiger partial charge >= 0.3 is 0 Å². The normalized spacial score (nSPS) is 50.9. The maximum absolute atomic E-state index is 13.0. The highest BCUT2D eigenvalue weighted by molar-refractivity contribution is 5.85. The van der Waals surface area contributed by atoms with Crippen molar-refractivity contribution < 1.29 is 14.7 Å². The van der Waals surface area contributed by atoms with Crippen molar-refractivity contribution in [2.45, 2.75) is 97.5 Å². The lowest BCUT2D eigenvalue weighted by Crippen LogP contribution is -2.51. The van der Waals surface area contributed by atoms with Crippen LogP contribution in [0.3, 0.4) is 0 Å². The van der Waals surface area contributed by atoms with Crippen LogP contribution in [0.1, 0.15) is 91.4 Å². The number of ketones is 2. The molecule has 1 N–H and O–H groups in total. The predicted molar refractivity (Wildman–Crippen MR) is 118 cm³/mol. The number of rotatable bonds is 2. The van der Waals surface area contributed by atoms with Crippen molar-refractivity contribution in [2.75, 3.05) is 0 Å². The molecule has 0 aromatic heterocycles. The van der Waals surface area contributed by atoms with Crippen LogP contribution in [0.4, 0.5) is 0 Å². The molecule has 0 bridgehead atoms. The maximum Gasteiger partial charge on any atom is 0.136 e. The van der Waals surface area contributed by atoms with E-state index < -0.39 is 0 Å². The molecule has 0 saturated heterocycles. The van der Waals surface area contributed by atoms with Gasteiger partial charge in [0.05, 0.1) is 6.10 Å². The number of Topliss-reactive ketones (excluding diaryl/α,β-unsaturated/α-hetero) is 2. The quantitative estimate of drug-likeness (QED) is 0.609. The van der Waals surface area contributed by atoms with Gasteiger partial charge in [0, 0.05) is 18.3 Å². The summed E-state index contributed by atoms with van der Waals surface area (Å²) in [7, 11) is 0. The minimum Gasteiger partial charge on any atom is -0.393 e. The molecule has 0 aromatic rings. The minimum atomic E-state index is -0.162. The number of carbonyl (C=O) groups excluding carboxylic acids is 2. The number of hydrogen-bond acceptors (Lipinski definition) is 3. The Bertz CT molecular complexity index is 768. The molecule has 0 radical (unpaired) electrons. The standard InChI is InChI=1S/C27H40O3/c1-16(28)25-21(19-6-4-5-7-24(19)30)15-23-20-9-8-17-14-18(29)10-12-26(17,2)22(20)11-13-27(23,25)3/h8,18-23,25,29H,4-7,9-15H2,1-3H3/t18-,19?,20+,21-,22-,23-,25-,26-,27-/m0/s1. The van der Waals surface area contributed by atoms with Crippen molar-refractivity contribution in [3.8, 4) is 0 Å². The summed E-state index contributed by atoms with van der Waals surface area (Å²) in [5, 5.41) is 10.2. The fourth-order valence-electron chi connectivity index (χ4n) is 9.36. The Hall–Kier alpha value is -0.960. The van der Waals surface area contributed by atoms with E-state index in [4.69, 9.17) is 0 Å². The van der Waals surface area contributed by atoms with Gasteiger partial charge in [-0.2, -0.15) is 0 Å². The molecule has 0 aromatic carbocycles. The zero-order valence-electron chi connectivity index (χ0n) is 19.2. The van der Waals surface area contributed by atoms with Gasteiger partial charge < -0.3 is 5.11 Å². The molecular weight excluding hydrogens is 372 g/mol. The highest BCUT2D eigenvalue weighted by atomic mass is 16.3. The molecule has 30 heavy (non-hydrogen) atoms. The maximum atomic E-state index is 13.0. The fraction of sp³-hybridized carbons (Fsp3) is 0.852. The zero-order valence-corrected chi connectivity index (χ0v) is 19.2. The molecule has 0 spiro atoms. The van der Waals surface area contributed by atoms with Crippen molar-refractivity contribution in [1.29, 1.82) is 0 Å². The van der Waals surface area contributed by atoms with Crippen LogP contribution in [0.5, 0.6) is 0 Å². The molecule has 4 fully saturated rings. The third-order valence-electron chi connectivity index (χ3n) is 10.7.